The van der Waals surface area contributed by atoms with E-state index in [2.05, 4.69) is 37.9 Å². The highest BCUT2D eigenvalue weighted by Gasteiger charge is 2.08. The minimum absolute atomic E-state index is 0.109. The van der Waals surface area contributed by atoms with Crippen LogP contribution in [0.25, 0.3) is 11.0 Å². The van der Waals surface area contributed by atoms with E-state index in [-0.39, 0.29) is 5.91 Å². The predicted molar refractivity (Wildman–Crippen MR) is 84.5 cm³/mol. The molecule has 3 aromatic rings. The van der Waals surface area contributed by atoms with Gasteiger partial charge in [0.05, 0.1) is 19.5 Å². The first-order valence-electron chi connectivity index (χ1n) is 5.48. The molecule has 0 radical (unpaired) electrons. The molecular weight excluding hydrogens is 373 g/mol. The van der Waals surface area contributed by atoms with Crippen LogP contribution in [0, 0.1) is 2.88 Å². The van der Waals surface area contributed by atoms with E-state index in [1.165, 1.54) is 0 Å². The lowest BCUT2D eigenvalue weighted by Gasteiger charge is -2.04. The van der Waals surface area contributed by atoms with E-state index >= 15 is 0 Å². The number of hydrogen-bond acceptors (Lipinski definition) is 4. The van der Waals surface area contributed by atoms with Gasteiger partial charge in [0, 0.05) is 23.5 Å². The molecule has 6 heteroatoms. The lowest BCUT2D eigenvalue weighted by Crippen LogP contribution is -2.10. The van der Waals surface area contributed by atoms with Gasteiger partial charge in [0.15, 0.2) is 0 Å². The Morgan fingerprint density at radius 2 is 1.95 bits per heavy atom. The second kappa shape index (κ2) is 5.22. The summed E-state index contributed by atoms with van der Waals surface area (Å²) in [5.41, 5.74) is 2.97. The fraction of sp³-hybridized carbons (Fsp3) is 0. The number of halogens is 1. The summed E-state index contributed by atoms with van der Waals surface area (Å²) < 4.78 is 1.09. The topological polar surface area (TPSA) is 54.9 Å². The van der Waals surface area contributed by atoms with Gasteiger partial charge in [0.25, 0.3) is 5.91 Å². The zero-order chi connectivity index (χ0) is 13.2. The van der Waals surface area contributed by atoms with Crippen molar-refractivity contribution in [1.82, 2.24) is 9.97 Å². The third-order valence-electron chi connectivity index (χ3n) is 2.56. The highest BCUT2D eigenvalue weighted by atomic mass is 127. The Labute approximate surface area is 127 Å². The smallest absolute Gasteiger partial charge is 0.256 e. The van der Waals surface area contributed by atoms with Crippen molar-refractivity contribution in [2.24, 2.45) is 0 Å². The van der Waals surface area contributed by atoms with Crippen LogP contribution >= 0.6 is 33.9 Å². The average Bonchev–Trinajstić information content (AvgIpc) is 2.85. The SMILES string of the molecule is O=C(Nc1ccc2nccnc2c1)c1csc(I)c1. The summed E-state index contributed by atoms with van der Waals surface area (Å²) in [4.78, 5) is 20.4. The molecule has 19 heavy (non-hydrogen) atoms. The van der Waals surface area contributed by atoms with Crippen LogP contribution < -0.4 is 5.32 Å². The second-order valence-corrected chi connectivity index (χ2v) is 6.66. The van der Waals surface area contributed by atoms with Crippen LogP contribution in [0.15, 0.2) is 42.0 Å². The van der Waals surface area contributed by atoms with Gasteiger partial charge >= 0.3 is 0 Å². The third-order valence-corrected chi connectivity index (χ3v) is 4.35. The molecule has 0 saturated heterocycles. The molecule has 0 bridgehead atoms. The van der Waals surface area contributed by atoms with Crippen LogP contribution in [0.5, 0.6) is 0 Å². The van der Waals surface area contributed by atoms with Crippen LogP contribution in [0.2, 0.25) is 0 Å². The van der Waals surface area contributed by atoms with Crippen molar-refractivity contribution >= 4 is 56.6 Å². The van der Waals surface area contributed by atoms with Crippen molar-refractivity contribution in [2.75, 3.05) is 5.32 Å². The average molecular weight is 381 g/mol. The Morgan fingerprint density at radius 3 is 2.68 bits per heavy atom. The maximum Gasteiger partial charge on any atom is 0.256 e. The molecule has 2 heterocycles. The number of benzene rings is 1. The van der Waals surface area contributed by atoms with E-state index < -0.39 is 0 Å². The predicted octanol–water partition coefficient (Wildman–Crippen LogP) is 3.55. The fourth-order valence-electron chi connectivity index (χ4n) is 1.67. The molecular formula is C13H8IN3OS. The molecule has 0 aliphatic carbocycles. The van der Waals surface area contributed by atoms with Crippen molar-refractivity contribution in [3.63, 3.8) is 0 Å². The molecule has 0 saturated carbocycles. The Balaban J connectivity index is 1.87. The second-order valence-electron chi connectivity index (χ2n) is 3.85. The number of rotatable bonds is 2. The lowest BCUT2D eigenvalue weighted by atomic mass is 10.2. The maximum atomic E-state index is 12.0. The van der Waals surface area contributed by atoms with Crippen LogP contribution in [-0.2, 0) is 0 Å². The number of anilines is 1. The van der Waals surface area contributed by atoms with Crippen LogP contribution in [0.4, 0.5) is 5.69 Å². The summed E-state index contributed by atoms with van der Waals surface area (Å²) in [6.07, 6.45) is 3.28. The number of amides is 1. The quantitative estimate of drug-likeness (QED) is 0.691. The zero-order valence-corrected chi connectivity index (χ0v) is 12.6. The van der Waals surface area contributed by atoms with E-state index in [4.69, 9.17) is 0 Å². The number of fused-ring (bicyclic) bond motifs is 1. The first kappa shape index (κ1) is 12.5. The first-order chi connectivity index (χ1) is 9.22. The minimum atomic E-state index is -0.109. The van der Waals surface area contributed by atoms with Gasteiger partial charge in [-0.1, -0.05) is 0 Å². The molecule has 0 aliphatic heterocycles. The molecule has 3 rings (SSSR count). The molecule has 1 amide bonds. The van der Waals surface area contributed by atoms with Gasteiger partial charge in [-0.2, -0.15) is 0 Å². The summed E-state index contributed by atoms with van der Waals surface area (Å²) >= 11 is 3.75. The summed E-state index contributed by atoms with van der Waals surface area (Å²) in [6.45, 7) is 0. The molecule has 4 nitrogen and oxygen atoms in total. The van der Waals surface area contributed by atoms with E-state index in [1.807, 2.05) is 29.6 Å². The summed E-state index contributed by atoms with van der Waals surface area (Å²) in [6, 6.07) is 7.35. The number of aromatic nitrogens is 2. The van der Waals surface area contributed by atoms with E-state index in [9.17, 15) is 4.79 Å². The normalized spacial score (nSPS) is 10.6. The summed E-state index contributed by atoms with van der Waals surface area (Å²) in [5, 5.41) is 4.71. The van der Waals surface area contributed by atoms with Crippen molar-refractivity contribution in [3.8, 4) is 0 Å². The van der Waals surface area contributed by atoms with Crippen LogP contribution in [-0.4, -0.2) is 15.9 Å². The van der Waals surface area contributed by atoms with Gasteiger partial charge in [0.2, 0.25) is 0 Å². The number of nitrogens with zero attached hydrogens (tertiary/aromatic N) is 2. The Bertz CT molecular complexity index is 756. The minimum Gasteiger partial charge on any atom is -0.322 e. The Morgan fingerprint density at radius 1 is 1.16 bits per heavy atom. The molecule has 2 aromatic heterocycles. The fourth-order valence-corrected chi connectivity index (χ4v) is 3.00. The highest BCUT2D eigenvalue weighted by molar-refractivity contribution is 14.1. The Kier molecular flexibility index (Phi) is 3.43. The van der Waals surface area contributed by atoms with Gasteiger partial charge in [-0.15, -0.1) is 11.3 Å². The van der Waals surface area contributed by atoms with Gasteiger partial charge in [-0.3, -0.25) is 14.8 Å². The Hall–Kier alpha value is -1.54. The van der Waals surface area contributed by atoms with Crippen molar-refractivity contribution in [2.45, 2.75) is 0 Å². The summed E-state index contributed by atoms with van der Waals surface area (Å²) in [7, 11) is 0. The van der Waals surface area contributed by atoms with Gasteiger partial charge in [-0.25, -0.2) is 0 Å². The number of hydrogen-bond donors (Lipinski definition) is 1. The molecule has 1 N–H and O–H groups in total. The van der Waals surface area contributed by atoms with E-state index in [1.54, 1.807) is 23.7 Å². The molecule has 0 unspecified atom stereocenters. The first-order valence-corrected chi connectivity index (χ1v) is 7.44. The summed E-state index contributed by atoms with van der Waals surface area (Å²) in [5.74, 6) is -0.109. The molecule has 1 aromatic carbocycles. The molecule has 0 aliphatic rings. The monoisotopic (exact) mass is 381 g/mol. The molecule has 94 valence electrons. The standard InChI is InChI=1S/C13H8IN3OS/c14-12-5-8(7-19-12)13(18)17-9-1-2-10-11(6-9)16-4-3-15-10/h1-7H,(H,17,18). The van der Waals surface area contributed by atoms with E-state index in [0.717, 1.165) is 19.6 Å². The third kappa shape index (κ3) is 2.74. The molecule has 0 atom stereocenters. The van der Waals surface area contributed by atoms with Gasteiger partial charge in [-0.05, 0) is 46.9 Å². The van der Waals surface area contributed by atoms with Gasteiger partial charge in [0.1, 0.15) is 0 Å². The lowest BCUT2D eigenvalue weighted by molar-refractivity contribution is 0.102. The zero-order valence-electron chi connectivity index (χ0n) is 9.63. The molecule has 0 spiro atoms. The van der Waals surface area contributed by atoms with Crippen molar-refractivity contribution < 1.29 is 4.79 Å². The van der Waals surface area contributed by atoms with Crippen LogP contribution in [0.1, 0.15) is 10.4 Å². The van der Waals surface area contributed by atoms with Gasteiger partial charge < -0.3 is 5.32 Å². The highest BCUT2D eigenvalue weighted by Crippen LogP contribution is 2.19. The largest absolute Gasteiger partial charge is 0.322 e. The van der Waals surface area contributed by atoms with Crippen molar-refractivity contribution in [1.29, 1.82) is 0 Å². The maximum absolute atomic E-state index is 12.0. The number of carbonyl (C=O) groups excluding carboxylic acids is 1. The molecule has 0 fully saturated rings. The van der Waals surface area contributed by atoms with Crippen LogP contribution in [0.3, 0.4) is 0 Å². The number of nitrogens with one attached hydrogen (secondary N) is 1. The van der Waals surface area contributed by atoms with Crippen molar-refractivity contribution in [3.05, 3.63) is 50.5 Å². The number of carbonyl (C=O) groups is 1. The number of thiophene rings is 1. The van der Waals surface area contributed by atoms with E-state index in [0.29, 0.717) is 5.56 Å².